The van der Waals surface area contributed by atoms with Gasteiger partial charge in [0.15, 0.2) is 0 Å². The summed E-state index contributed by atoms with van der Waals surface area (Å²) in [4.78, 5) is 9.46. The van der Waals surface area contributed by atoms with Crippen LogP contribution in [0.3, 0.4) is 0 Å². The summed E-state index contributed by atoms with van der Waals surface area (Å²) >= 11 is 5.84. The molecule has 0 spiro atoms. The Hall–Kier alpha value is -0.640. The Labute approximate surface area is 120 Å². The first kappa shape index (κ1) is 13.3. The highest BCUT2D eigenvalue weighted by Crippen LogP contribution is 2.25. The quantitative estimate of drug-likeness (QED) is 0.776. The summed E-state index contributed by atoms with van der Waals surface area (Å²) in [7, 11) is 0. The number of piperazine rings is 1. The molecule has 4 heteroatoms. The Kier molecular flexibility index (Phi) is 4.06. The van der Waals surface area contributed by atoms with E-state index in [4.69, 9.17) is 11.6 Å². The van der Waals surface area contributed by atoms with Crippen molar-refractivity contribution in [3.05, 3.63) is 29.0 Å². The van der Waals surface area contributed by atoms with Crippen LogP contribution in [0.2, 0.25) is 5.15 Å². The summed E-state index contributed by atoms with van der Waals surface area (Å²) < 4.78 is 0. The van der Waals surface area contributed by atoms with Gasteiger partial charge in [-0.15, -0.1) is 0 Å². The molecule has 3 nitrogen and oxygen atoms in total. The Balaban J connectivity index is 1.65. The van der Waals surface area contributed by atoms with Crippen LogP contribution in [0.4, 0.5) is 0 Å². The number of fused-ring (bicyclic) bond motifs is 1. The summed E-state index contributed by atoms with van der Waals surface area (Å²) in [5.41, 5.74) is 1.26. The molecular weight excluding hydrogens is 258 g/mol. The van der Waals surface area contributed by atoms with Crippen molar-refractivity contribution in [1.82, 2.24) is 14.8 Å². The Morgan fingerprint density at radius 3 is 3.00 bits per heavy atom. The van der Waals surface area contributed by atoms with Crippen LogP contribution in [0.5, 0.6) is 0 Å². The van der Waals surface area contributed by atoms with E-state index >= 15 is 0 Å². The van der Waals surface area contributed by atoms with E-state index in [0.717, 1.165) is 12.6 Å². The molecule has 0 bridgehead atoms. The lowest BCUT2D eigenvalue weighted by atomic mass is 9.97. The number of aromatic nitrogens is 1. The van der Waals surface area contributed by atoms with Gasteiger partial charge in [-0.1, -0.05) is 24.1 Å². The highest BCUT2D eigenvalue weighted by Gasteiger charge is 2.32. The van der Waals surface area contributed by atoms with Crippen molar-refractivity contribution in [3.8, 4) is 0 Å². The van der Waals surface area contributed by atoms with Crippen molar-refractivity contribution in [3.63, 3.8) is 0 Å². The first-order valence-corrected chi connectivity index (χ1v) is 7.69. The smallest absolute Gasteiger partial charge is 0.129 e. The van der Waals surface area contributed by atoms with Crippen molar-refractivity contribution in [2.45, 2.75) is 44.8 Å². The molecule has 0 aliphatic carbocycles. The molecule has 2 fully saturated rings. The molecule has 1 aromatic heterocycles. The van der Waals surface area contributed by atoms with Gasteiger partial charge in [-0.2, -0.15) is 0 Å². The second-order valence-corrected chi connectivity index (χ2v) is 6.30. The predicted octanol–water partition coefficient (Wildman–Crippen LogP) is 2.79. The van der Waals surface area contributed by atoms with E-state index < -0.39 is 0 Å². The van der Waals surface area contributed by atoms with E-state index in [9.17, 15) is 0 Å². The number of halogens is 1. The van der Waals surface area contributed by atoms with Crippen LogP contribution in [-0.2, 0) is 6.54 Å². The van der Waals surface area contributed by atoms with E-state index in [0.29, 0.717) is 11.2 Å². The van der Waals surface area contributed by atoms with Crippen molar-refractivity contribution in [2.24, 2.45) is 0 Å². The lowest BCUT2D eigenvalue weighted by Crippen LogP contribution is -2.58. The van der Waals surface area contributed by atoms with Gasteiger partial charge in [0.2, 0.25) is 0 Å². The van der Waals surface area contributed by atoms with Gasteiger partial charge in [-0.25, -0.2) is 4.98 Å². The van der Waals surface area contributed by atoms with E-state index in [1.807, 2.05) is 12.3 Å². The molecular formula is C15H22ClN3. The van der Waals surface area contributed by atoms with Crippen LogP contribution >= 0.6 is 11.6 Å². The lowest BCUT2D eigenvalue weighted by Gasteiger charge is -2.47. The number of pyridine rings is 1. The molecule has 0 aromatic carbocycles. The number of nitrogens with zero attached hydrogens (tertiary/aromatic N) is 3. The second kappa shape index (κ2) is 5.78. The first-order chi connectivity index (χ1) is 9.22. The fourth-order valence-electron chi connectivity index (χ4n) is 3.37. The zero-order chi connectivity index (χ0) is 13.2. The van der Waals surface area contributed by atoms with Gasteiger partial charge in [-0.3, -0.25) is 9.80 Å². The van der Waals surface area contributed by atoms with Gasteiger partial charge >= 0.3 is 0 Å². The zero-order valence-corrected chi connectivity index (χ0v) is 12.3. The van der Waals surface area contributed by atoms with E-state index in [-0.39, 0.29) is 0 Å². The van der Waals surface area contributed by atoms with Crippen LogP contribution in [-0.4, -0.2) is 46.5 Å². The fraction of sp³-hybridized carbons (Fsp3) is 0.667. The average Bonchev–Trinajstić information content (AvgIpc) is 2.42. The average molecular weight is 280 g/mol. The molecule has 2 atom stereocenters. The molecule has 2 aliphatic heterocycles. The molecule has 0 amide bonds. The third-order valence-electron chi connectivity index (χ3n) is 4.49. The number of hydrogen-bond acceptors (Lipinski definition) is 3. The minimum atomic E-state index is 0.578. The molecule has 2 saturated heterocycles. The van der Waals surface area contributed by atoms with E-state index in [1.165, 1.54) is 44.5 Å². The van der Waals surface area contributed by atoms with Gasteiger partial charge in [-0.05, 0) is 37.9 Å². The first-order valence-electron chi connectivity index (χ1n) is 7.31. The SMILES string of the molecule is C[C@H]1CN2CCCC[C@H]2CN1Cc1ccc(Cl)nc1. The molecule has 1 aromatic rings. The molecule has 0 N–H and O–H groups in total. The molecule has 0 saturated carbocycles. The number of piperidine rings is 1. The Bertz CT molecular complexity index is 420. The molecule has 2 aliphatic rings. The Morgan fingerprint density at radius 2 is 2.21 bits per heavy atom. The standard InChI is InChI=1S/C15H22ClN3/c1-12-9-18-7-3-2-4-14(18)11-19(12)10-13-5-6-15(16)17-8-13/h5-6,8,12,14H,2-4,7,9-11H2,1H3/t12-,14-/m0/s1. The fourth-order valence-corrected chi connectivity index (χ4v) is 3.48. The summed E-state index contributed by atoms with van der Waals surface area (Å²) in [6.07, 6.45) is 6.04. The predicted molar refractivity (Wildman–Crippen MR) is 78.3 cm³/mol. The van der Waals surface area contributed by atoms with Crippen LogP contribution in [0.25, 0.3) is 0 Å². The van der Waals surface area contributed by atoms with E-state index in [2.05, 4.69) is 27.8 Å². The summed E-state index contributed by atoms with van der Waals surface area (Å²) in [6, 6.07) is 5.38. The van der Waals surface area contributed by atoms with Gasteiger partial charge in [0.25, 0.3) is 0 Å². The minimum absolute atomic E-state index is 0.578. The molecule has 19 heavy (non-hydrogen) atoms. The normalized spacial score (nSPS) is 29.2. The van der Waals surface area contributed by atoms with E-state index in [1.54, 1.807) is 0 Å². The van der Waals surface area contributed by atoms with Gasteiger partial charge in [0.05, 0.1) is 0 Å². The summed E-state index contributed by atoms with van der Waals surface area (Å²) in [5, 5.41) is 0.578. The van der Waals surface area contributed by atoms with Gasteiger partial charge in [0.1, 0.15) is 5.15 Å². The van der Waals surface area contributed by atoms with Gasteiger partial charge < -0.3 is 0 Å². The van der Waals surface area contributed by atoms with Crippen molar-refractivity contribution < 1.29 is 0 Å². The minimum Gasteiger partial charge on any atom is -0.298 e. The topological polar surface area (TPSA) is 19.4 Å². The van der Waals surface area contributed by atoms with Crippen molar-refractivity contribution in [2.75, 3.05) is 19.6 Å². The molecule has 3 heterocycles. The largest absolute Gasteiger partial charge is 0.298 e. The van der Waals surface area contributed by atoms with Crippen LogP contribution in [0, 0.1) is 0 Å². The molecule has 3 rings (SSSR count). The molecule has 0 radical (unpaired) electrons. The maximum Gasteiger partial charge on any atom is 0.129 e. The van der Waals surface area contributed by atoms with Crippen molar-refractivity contribution >= 4 is 11.6 Å². The highest BCUT2D eigenvalue weighted by molar-refractivity contribution is 6.29. The van der Waals surface area contributed by atoms with Crippen molar-refractivity contribution in [1.29, 1.82) is 0 Å². The van der Waals surface area contributed by atoms with Crippen LogP contribution in [0.15, 0.2) is 18.3 Å². The lowest BCUT2D eigenvalue weighted by molar-refractivity contribution is 0.0110. The third kappa shape index (κ3) is 3.10. The van der Waals surface area contributed by atoms with Crippen LogP contribution in [0.1, 0.15) is 31.7 Å². The highest BCUT2D eigenvalue weighted by atomic mass is 35.5. The Morgan fingerprint density at radius 1 is 1.32 bits per heavy atom. The van der Waals surface area contributed by atoms with Crippen LogP contribution < -0.4 is 0 Å². The maximum atomic E-state index is 5.84. The zero-order valence-electron chi connectivity index (χ0n) is 11.6. The van der Waals surface area contributed by atoms with Gasteiger partial charge in [0, 0.05) is 37.9 Å². The molecule has 104 valence electrons. The summed E-state index contributed by atoms with van der Waals surface area (Å²) in [6.45, 7) is 7.05. The third-order valence-corrected chi connectivity index (χ3v) is 4.71. The second-order valence-electron chi connectivity index (χ2n) is 5.91. The number of rotatable bonds is 2. The maximum absolute atomic E-state index is 5.84. The number of hydrogen-bond donors (Lipinski definition) is 0. The molecule has 0 unspecified atom stereocenters. The monoisotopic (exact) mass is 279 g/mol. The summed E-state index contributed by atoms with van der Waals surface area (Å²) in [5.74, 6) is 0.